The van der Waals surface area contributed by atoms with Crippen LogP contribution in [0, 0.1) is 0 Å². The van der Waals surface area contributed by atoms with Crippen LogP contribution in [0.4, 0.5) is 0 Å². The van der Waals surface area contributed by atoms with Crippen molar-refractivity contribution in [1.29, 1.82) is 0 Å². The minimum atomic E-state index is -0.175. The van der Waals surface area contributed by atoms with Crippen LogP contribution in [0.15, 0.2) is 65.8 Å². The van der Waals surface area contributed by atoms with Gasteiger partial charge in [-0.15, -0.1) is 0 Å². The van der Waals surface area contributed by atoms with Crippen molar-refractivity contribution in [2.24, 2.45) is 5.10 Å². The summed E-state index contributed by atoms with van der Waals surface area (Å²) >= 11 is 0. The van der Waals surface area contributed by atoms with E-state index < -0.39 is 0 Å². The number of ether oxygens (including phenoxy) is 2. The Balaban J connectivity index is 1.46. The van der Waals surface area contributed by atoms with Gasteiger partial charge in [-0.25, -0.2) is 5.43 Å². The normalized spacial score (nSPS) is 13.4. The average Bonchev–Trinajstić information content (AvgIpc) is 2.71. The number of fused-ring (bicyclic) bond motifs is 2. The van der Waals surface area contributed by atoms with Gasteiger partial charge in [-0.3, -0.25) is 4.79 Å². The lowest BCUT2D eigenvalue weighted by molar-refractivity contribution is -0.120. The molecule has 0 unspecified atom stereocenters. The third-order valence-corrected chi connectivity index (χ3v) is 4.50. The predicted octanol–water partition coefficient (Wildman–Crippen LogP) is 3.69. The van der Waals surface area contributed by atoms with Gasteiger partial charge in [-0.05, 0) is 35.4 Å². The van der Waals surface area contributed by atoms with Crippen LogP contribution in [0.1, 0.15) is 18.1 Å². The summed E-state index contributed by atoms with van der Waals surface area (Å²) in [4.78, 5) is 12.3. The van der Waals surface area contributed by atoms with Gasteiger partial charge in [0, 0.05) is 5.56 Å². The Morgan fingerprint density at radius 1 is 1.00 bits per heavy atom. The number of hydrogen-bond donors (Lipinski definition) is 1. The van der Waals surface area contributed by atoms with Crippen molar-refractivity contribution >= 4 is 22.4 Å². The molecule has 0 aliphatic carbocycles. The molecule has 1 N–H and O–H groups in total. The molecule has 1 amide bonds. The zero-order chi connectivity index (χ0) is 18.6. The molecule has 3 aromatic carbocycles. The molecular formula is C22H20N2O3. The van der Waals surface area contributed by atoms with Crippen molar-refractivity contribution in [3.8, 4) is 11.5 Å². The number of benzene rings is 3. The lowest BCUT2D eigenvalue weighted by atomic mass is 10.0. The minimum Gasteiger partial charge on any atom is -0.486 e. The largest absolute Gasteiger partial charge is 0.486 e. The summed E-state index contributed by atoms with van der Waals surface area (Å²) in [5.41, 5.74) is 5.28. The summed E-state index contributed by atoms with van der Waals surface area (Å²) in [6, 6.07) is 19.7. The SMILES string of the molecule is C/C(=N/NC(=O)Cc1ccc2c(c1)OCCO2)c1cccc2ccccc12. The molecule has 0 aromatic heterocycles. The number of amides is 1. The molecule has 1 aliphatic rings. The molecule has 0 saturated carbocycles. The topological polar surface area (TPSA) is 59.9 Å². The summed E-state index contributed by atoms with van der Waals surface area (Å²) in [6.45, 7) is 2.97. The molecule has 3 aromatic rings. The van der Waals surface area contributed by atoms with Gasteiger partial charge in [-0.1, -0.05) is 48.5 Å². The smallest absolute Gasteiger partial charge is 0.244 e. The quantitative estimate of drug-likeness (QED) is 0.570. The fourth-order valence-electron chi connectivity index (χ4n) is 3.17. The number of nitrogens with zero attached hydrogens (tertiary/aromatic N) is 1. The fraction of sp³-hybridized carbons (Fsp3) is 0.182. The van der Waals surface area contributed by atoms with Gasteiger partial charge in [0.25, 0.3) is 0 Å². The van der Waals surface area contributed by atoms with Crippen LogP contribution in [0.25, 0.3) is 10.8 Å². The molecular weight excluding hydrogens is 340 g/mol. The maximum atomic E-state index is 12.3. The van der Waals surface area contributed by atoms with Crippen LogP contribution in [0.2, 0.25) is 0 Å². The Morgan fingerprint density at radius 2 is 1.78 bits per heavy atom. The molecule has 136 valence electrons. The Bertz CT molecular complexity index is 1020. The molecule has 0 saturated heterocycles. The molecule has 1 aliphatic heterocycles. The van der Waals surface area contributed by atoms with Crippen LogP contribution in [-0.2, 0) is 11.2 Å². The monoisotopic (exact) mass is 360 g/mol. The van der Waals surface area contributed by atoms with E-state index in [2.05, 4.69) is 28.7 Å². The Morgan fingerprint density at radius 3 is 2.67 bits per heavy atom. The Kier molecular flexibility index (Phi) is 4.75. The molecule has 1 heterocycles. The van der Waals surface area contributed by atoms with Gasteiger partial charge in [0.1, 0.15) is 13.2 Å². The number of hydrazone groups is 1. The first-order valence-electron chi connectivity index (χ1n) is 8.90. The molecule has 0 fully saturated rings. The van der Waals surface area contributed by atoms with E-state index in [9.17, 15) is 4.79 Å². The van der Waals surface area contributed by atoms with Gasteiger partial charge in [0.2, 0.25) is 5.91 Å². The number of hydrogen-bond acceptors (Lipinski definition) is 4. The van der Waals surface area contributed by atoms with Crippen molar-refractivity contribution in [3.63, 3.8) is 0 Å². The van der Waals surface area contributed by atoms with E-state index in [1.54, 1.807) is 0 Å². The highest BCUT2D eigenvalue weighted by atomic mass is 16.6. The van der Waals surface area contributed by atoms with Gasteiger partial charge < -0.3 is 9.47 Å². The van der Waals surface area contributed by atoms with Crippen molar-refractivity contribution in [1.82, 2.24) is 5.43 Å². The summed E-state index contributed by atoms with van der Waals surface area (Å²) in [6.07, 6.45) is 0.225. The first-order chi connectivity index (χ1) is 13.2. The first-order valence-corrected chi connectivity index (χ1v) is 8.90. The lowest BCUT2D eigenvalue weighted by Gasteiger charge is -2.18. The molecule has 4 rings (SSSR count). The summed E-state index contributed by atoms with van der Waals surface area (Å²) < 4.78 is 11.1. The maximum absolute atomic E-state index is 12.3. The molecule has 0 radical (unpaired) electrons. The zero-order valence-electron chi connectivity index (χ0n) is 15.1. The molecule has 5 nitrogen and oxygen atoms in total. The minimum absolute atomic E-state index is 0.175. The van der Waals surface area contributed by atoms with Crippen LogP contribution >= 0.6 is 0 Å². The van der Waals surface area contributed by atoms with E-state index in [0.29, 0.717) is 19.0 Å². The van der Waals surface area contributed by atoms with Crippen LogP contribution in [0.5, 0.6) is 11.5 Å². The Labute approximate surface area is 157 Å². The Hall–Kier alpha value is -3.34. The van der Waals surface area contributed by atoms with Crippen LogP contribution in [-0.4, -0.2) is 24.8 Å². The third-order valence-electron chi connectivity index (χ3n) is 4.50. The van der Waals surface area contributed by atoms with Gasteiger partial charge >= 0.3 is 0 Å². The molecule has 0 spiro atoms. The van der Waals surface area contributed by atoms with E-state index >= 15 is 0 Å². The molecule has 27 heavy (non-hydrogen) atoms. The highest BCUT2D eigenvalue weighted by Gasteiger charge is 2.13. The second-order valence-corrected chi connectivity index (χ2v) is 6.41. The highest BCUT2D eigenvalue weighted by Crippen LogP contribution is 2.30. The van der Waals surface area contributed by atoms with Crippen LogP contribution in [0.3, 0.4) is 0 Å². The summed E-state index contributed by atoms with van der Waals surface area (Å²) in [7, 11) is 0. The second kappa shape index (κ2) is 7.50. The van der Waals surface area contributed by atoms with Gasteiger partial charge in [0.05, 0.1) is 12.1 Å². The zero-order valence-corrected chi connectivity index (χ0v) is 15.1. The maximum Gasteiger partial charge on any atom is 0.244 e. The second-order valence-electron chi connectivity index (χ2n) is 6.41. The first kappa shape index (κ1) is 17.1. The number of carbonyl (C=O) groups is 1. The highest BCUT2D eigenvalue weighted by molar-refractivity contribution is 6.09. The van der Waals surface area contributed by atoms with E-state index in [-0.39, 0.29) is 12.3 Å². The third kappa shape index (κ3) is 3.77. The van der Waals surface area contributed by atoms with E-state index in [0.717, 1.165) is 33.4 Å². The van der Waals surface area contributed by atoms with Crippen molar-refractivity contribution in [2.45, 2.75) is 13.3 Å². The van der Waals surface area contributed by atoms with E-state index in [4.69, 9.17) is 9.47 Å². The standard InChI is InChI=1S/C22H20N2O3/c1-15(18-8-4-6-17-5-2-3-7-19(17)18)23-24-22(25)14-16-9-10-20-21(13-16)27-12-11-26-20/h2-10,13H,11-12,14H2,1H3,(H,24,25)/b23-15-. The van der Waals surface area contributed by atoms with E-state index in [1.165, 1.54) is 0 Å². The average molecular weight is 360 g/mol. The molecule has 5 heteroatoms. The van der Waals surface area contributed by atoms with Gasteiger partial charge in [-0.2, -0.15) is 5.10 Å². The number of nitrogens with one attached hydrogen (secondary N) is 1. The van der Waals surface area contributed by atoms with Crippen LogP contribution < -0.4 is 14.9 Å². The predicted molar refractivity (Wildman–Crippen MR) is 105 cm³/mol. The molecule has 0 bridgehead atoms. The number of rotatable bonds is 4. The van der Waals surface area contributed by atoms with Crippen molar-refractivity contribution < 1.29 is 14.3 Å². The van der Waals surface area contributed by atoms with Gasteiger partial charge in [0.15, 0.2) is 11.5 Å². The van der Waals surface area contributed by atoms with Crippen molar-refractivity contribution in [3.05, 3.63) is 71.8 Å². The summed E-state index contributed by atoms with van der Waals surface area (Å²) in [5, 5.41) is 6.55. The number of carbonyl (C=O) groups excluding carboxylic acids is 1. The fourth-order valence-corrected chi connectivity index (χ4v) is 3.17. The summed E-state index contributed by atoms with van der Waals surface area (Å²) in [5.74, 6) is 1.23. The lowest BCUT2D eigenvalue weighted by Crippen LogP contribution is -2.21. The van der Waals surface area contributed by atoms with E-state index in [1.807, 2.05) is 49.4 Å². The molecule has 0 atom stereocenters. The van der Waals surface area contributed by atoms with Crippen molar-refractivity contribution in [2.75, 3.05) is 13.2 Å².